The van der Waals surface area contributed by atoms with E-state index in [1.165, 1.54) is 6.33 Å². The van der Waals surface area contributed by atoms with Gasteiger partial charge in [-0.2, -0.15) is 0 Å². The molecule has 0 bridgehead atoms. The summed E-state index contributed by atoms with van der Waals surface area (Å²) in [6.45, 7) is -0.447. The standard InChI is InChI=1S/C5H9O5.C4H6N4O/c6-1-2-3(7)4(8)5(9)10-2;5-3-2(4(6)9)7-1-8-3/h2-8H,1H2;1H,5H2,(H2,6,9)(H,7,8)/q-1;/t2-,3-,4-,5?;/m1./s1. The summed E-state index contributed by atoms with van der Waals surface area (Å²) in [7, 11) is 0. The molecule has 108 valence electrons. The number of imidazole rings is 1. The SMILES string of the molecule is NC(=O)c1[nH]cnc1N.[O-]C1O[C@H](CO)[C@@H](O)[C@H]1O. The first kappa shape index (κ1) is 15.3. The van der Waals surface area contributed by atoms with Gasteiger partial charge in [0.1, 0.15) is 17.9 Å². The van der Waals surface area contributed by atoms with Gasteiger partial charge in [0.2, 0.25) is 0 Å². The number of carbonyl (C=O) groups is 1. The Labute approximate surface area is 107 Å². The number of rotatable bonds is 2. The van der Waals surface area contributed by atoms with E-state index in [0.717, 1.165) is 0 Å². The van der Waals surface area contributed by atoms with Crippen molar-refractivity contribution in [2.24, 2.45) is 5.73 Å². The van der Waals surface area contributed by atoms with E-state index in [1.807, 2.05) is 0 Å². The Hall–Kier alpha value is -1.72. The van der Waals surface area contributed by atoms with Gasteiger partial charge >= 0.3 is 0 Å². The number of hydrogen-bond donors (Lipinski definition) is 6. The second-order valence-corrected chi connectivity index (χ2v) is 3.73. The summed E-state index contributed by atoms with van der Waals surface area (Å²) < 4.78 is 4.43. The number of nitrogens with one attached hydrogen (secondary N) is 1. The van der Waals surface area contributed by atoms with E-state index in [4.69, 9.17) is 26.8 Å². The Kier molecular flexibility index (Phi) is 5.20. The maximum Gasteiger partial charge on any atom is 0.269 e. The molecule has 0 saturated carbocycles. The van der Waals surface area contributed by atoms with Crippen LogP contribution in [-0.2, 0) is 4.74 Å². The third-order valence-electron chi connectivity index (χ3n) is 2.41. The molecular formula is C9H15N4O6-. The van der Waals surface area contributed by atoms with Crippen molar-refractivity contribution < 1.29 is 30.0 Å². The first-order valence-corrected chi connectivity index (χ1v) is 5.25. The van der Waals surface area contributed by atoms with Crippen LogP contribution >= 0.6 is 0 Å². The number of aliphatic hydroxyl groups excluding tert-OH is 3. The summed E-state index contributed by atoms with van der Waals surface area (Å²) in [5.41, 5.74) is 10.2. The van der Waals surface area contributed by atoms with Crippen molar-refractivity contribution in [3.05, 3.63) is 12.0 Å². The summed E-state index contributed by atoms with van der Waals surface area (Å²) >= 11 is 0. The Morgan fingerprint density at radius 3 is 2.37 bits per heavy atom. The normalized spacial score (nSPS) is 29.7. The van der Waals surface area contributed by atoms with Crippen molar-refractivity contribution in [3.8, 4) is 0 Å². The van der Waals surface area contributed by atoms with Crippen LogP contribution in [0, 0.1) is 0 Å². The first-order valence-electron chi connectivity index (χ1n) is 5.25. The lowest BCUT2D eigenvalue weighted by atomic mass is 10.1. The smallest absolute Gasteiger partial charge is 0.269 e. The number of aromatic amines is 1. The molecule has 0 radical (unpaired) electrons. The Balaban J connectivity index is 0.000000191. The number of anilines is 1. The van der Waals surface area contributed by atoms with Crippen LogP contribution in [0.15, 0.2) is 6.33 Å². The van der Waals surface area contributed by atoms with Gasteiger partial charge in [-0.25, -0.2) is 4.98 Å². The van der Waals surface area contributed by atoms with Gasteiger partial charge in [-0.15, -0.1) is 0 Å². The molecule has 1 aromatic heterocycles. The minimum atomic E-state index is -1.63. The third kappa shape index (κ3) is 3.62. The molecule has 1 aliphatic heterocycles. The molecule has 1 saturated heterocycles. The highest BCUT2D eigenvalue weighted by atomic mass is 16.6. The zero-order valence-corrected chi connectivity index (χ0v) is 9.76. The van der Waals surface area contributed by atoms with Gasteiger partial charge in [-0.3, -0.25) is 4.79 Å². The maximum absolute atomic E-state index is 10.5. The van der Waals surface area contributed by atoms with E-state index in [0.29, 0.717) is 0 Å². The van der Waals surface area contributed by atoms with E-state index in [9.17, 15) is 9.90 Å². The van der Waals surface area contributed by atoms with Gasteiger partial charge in [0.15, 0.2) is 5.82 Å². The molecule has 0 aromatic carbocycles. The average molecular weight is 275 g/mol. The molecule has 1 amide bonds. The van der Waals surface area contributed by atoms with Crippen LogP contribution in [0.3, 0.4) is 0 Å². The van der Waals surface area contributed by atoms with Gasteiger partial charge in [0.05, 0.1) is 19.0 Å². The molecule has 1 unspecified atom stereocenters. The molecule has 10 nitrogen and oxygen atoms in total. The van der Waals surface area contributed by atoms with Gasteiger partial charge in [-0.1, -0.05) is 0 Å². The number of hydrogen-bond acceptors (Lipinski definition) is 8. The lowest BCUT2D eigenvalue weighted by Crippen LogP contribution is -2.39. The number of H-pyrrole nitrogens is 1. The summed E-state index contributed by atoms with van der Waals surface area (Å²) in [6, 6.07) is 0. The van der Waals surface area contributed by atoms with Crippen LogP contribution in [-0.4, -0.2) is 62.4 Å². The molecule has 4 atom stereocenters. The monoisotopic (exact) mass is 275 g/mol. The molecule has 8 N–H and O–H groups in total. The fourth-order valence-electron chi connectivity index (χ4n) is 1.37. The Morgan fingerprint density at radius 2 is 2.16 bits per heavy atom. The lowest BCUT2D eigenvalue weighted by molar-refractivity contribution is -0.498. The molecule has 19 heavy (non-hydrogen) atoms. The van der Waals surface area contributed by atoms with Crippen molar-refractivity contribution in [2.45, 2.75) is 24.6 Å². The van der Waals surface area contributed by atoms with Gasteiger partial charge in [-0.05, 0) is 0 Å². The lowest BCUT2D eigenvalue weighted by Gasteiger charge is -2.18. The van der Waals surface area contributed by atoms with Crippen molar-refractivity contribution >= 4 is 11.7 Å². The van der Waals surface area contributed by atoms with Crippen LogP contribution in [0.2, 0.25) is 0 Å². The fraction of sp³-hybridized carbons (Fsp3) is 0.556. The van der Waals surface area contributed by atoms with Crippen LogP contribution < -0.4 is 16.6 Å². The number of amides is 1. The van der Waals surface area contributed by atoms with Crippen LogP contribution in [0.1, 0.15) is 10.5 Å². The highest BCUT2D eigenvalue weighted by Gasteiger charge is 2.36. The summed E-state index contributed by atoms with van der Waals surface area (Å²) in [5, 5.41) is 36.6. The molecule has 10 heteroatoms. The molecule has 1 aromatic rings. The van der Waals surface area contributed by atoms with E-state index in [1.54, 1.807) is 0 Å². The Morgan fingerprint density at radius 1 is 1.53 bits per heavy atom. The molecular weight excluding hydrogens is 260 g/mol. The number of aliphatic hydroxyl groups is 3. The summed E-state index contributed by atoms with van der Waals surface area (Å²) in [6.07, 6.45) is -3.93. The molecule has 1 fully saturated rings. The van der Waals surface area contributed by atoms with Crippen molar-refractivity contribution in [3.63, 3.8) is 0 Å². The van der Waals surface area contributed by atoms with E-state index in [-0.39, 0.29) is 11.5 Å². The maximum atomic E-state index is 10.5. The highest BCUT2D eigenvalue weighted by Crippen LogP contribution is 2.16. The number of nitrogen functional groups attached to an aromatic ring is 1. The minimum absolute atomic E-state index is 0.141. The predicted molar refractivity (Wildman–Crippen MR) is 59.3 cm³/mol. The summed E-state index contributed by atoms with van der Waals surface area (Å²) in [5.74, 6) is -0.451. The number of nitrogens with zero attached hydrogens (tertiary/aromatic N) is 1. The number of primary amides is 1. The third-order valence-corrected chi connectivity index (χ3v) is 2.41. The topological polar surface area (TPSA) is 191 Å². The fourth-order valence-corrected chi connectivity index (χ4v) is 1.37. The number of nitrogens with two attached hydrogens (primary N) is 2. The zero-order valence-electron chi connectivity index (χ0n) is 9.76. The summed E-state index contributed by atoms with van der Waals surface area (Å²) in [4.78, 5) is 16.4. The van der Waals surface area contributed by atoms with E-state index < -0.39 is 37.1 Å². The van der Waals surface area contributed by atoms with Crippen LogP contribution in [0.5, 0.6) is 0 Å². The van der Waals surface area contributed by atoms with E-state index in [2.05, 4.69) is 14.7 Å². The van der Waals surface area contributed by atoms with Crippen LogP contribution in [0.25, 0.3) is 0 Å². The molecule has 0 spiro atoms. The van der Waals surface area contributed by atoms with Crippen molar-refractivity contribution in [1.29, 1.82) is 0 Å². The van der Waals surface area contributed by atoms with Crippen molar-refractivity contribution in [1.82, 2.24) is 9.97 Å². The van der Waals surface area contributed by atoms with Gasteiger partial charge < -0.3 is 41.6 Å². The highest BCUT2D eigenvalue weighted by molar-refractivity contribution is 5.94. The quantitative estimate of drug-likeness (QED) is 0.313. The largest absolute Gasteiger partial charge is 0.829 e. The predicted octanol–water partition coefficient (Wildman–Crippen LogP) is -4.12. The van der Waals surface area contributed by atoms with Crippen molar-refractivity contribution in [2.75, 3.05) is 12.3 Å². The van der Waals surface area contributed by atoms with E-state index >= 15 is 0 Å². The molecule has 2 heterocycles. The average Bonchev–Trinajstić information content (AvgIpc) is 2.89. The molecule has 1 aliphatic rings. The minimum Gasteiger partial charge on any atom is -0.829 e. The number of ether oxygens (including phenoxy) is 1. The first-order chi connectivity index (χ1) is 8.88. The number of aromatic nitrogens is 2. The molecule has 0 aliphatic carbocycles. The second-order valence-electron chi connectivity index (χ2n) is 3.73. The second kappa shape index (κ2) is 6.45. The van der Waals surface area contributed by atoms with Gasteiger partial charge in [0.25, 0.3) is 5.91 Å². The Bertz CT molecular complexity index is 425. The van der Waals surface area contributed by atoms with Crippen LogP contribution in [0.4, 0.5) is 5.82 Å². The number of carbonyl (C=O) groups excluding carboxylic acids is 1. The van der Waals surface area contributed by atoms with Gasteiger partial charge in [0, 0.05) is 6.29 Å². The molecule has 2 rings (SSSR count). The zero-order chi connectivity index (χ0) is 14.6.